The fourth-order valence-electron chi connectivity index (χ4n) is 1.72. The van der Waals surface area contributed by atoms with Crippen molar-refractivity contribution in [2.24, 2.45) is 0 Å². The number of rotatable bonds is 3. The molecule has 1 atom stereocenters. The van der Waals surface area contributed by atoms with Gasteiger partial charge in [0.2, 0.25) is 5.95 Å². The summed E-state index contributed by atoms with van der Waals surface area (Å²) in [5.74, 6) is 3.30. The second-order valence-electron chi connectivity index (χ2n) is 3.72. The van der Waals surface area contributed by atoms with Crippen LogP contribution in [0.5, 0.6) is 0 Å². The lowest BCUT2D eigenvalue weighted by atomic mass is 10.2. The zero-order valence-corrected chi connectivity index (χ0v) is 9.76. The second kappa shape index (κ2) is 4.79. The summed E-state index contributed by atoms with van der Waals surface area (Å²) in [6.07, 6.45) is 4.35. The highest BCUT2D eigenvalue weighted by atomic mass is 32.2. The minimum absolute atomic E-state index is 0.371. The van der Waals surface area contributed by atoms with Crippen LogP contribution in [0.2, 0.25) is 0 Å². The number of nitrogens with zero attached hydrogens (tertiary/aromatic N) is 3. The highest BCUT2D eigenvalue weighted by molar-refractivity contribution is 7.99. The molecule has 1 aromatic rings. The Morgan fingerprint density at radius 2 is 2.27 bits per heavy atom. The van der Waals surface area contributed by atoms with Gasteiger partial charge in [-0.25, -0.2) is 4.98 Å². The molecule has 0 spiro atoms. The van der Waals surface area contributed by atoms with Crippen molar-refractivity contribution >= 4 is 17.7 Å². The third-order valence-corrected chi connectivity index (χ3v) is 3.78. The largest absolute Gasteiger partial charge is 0.368 e. The van der Waals surface area contributed by atoms with Gasteiger partial charge in [0.15, 0.2) is 0 Å². The van der Waals surface area contributed by atoms with E-state index in [1.165, 1.54) is 18.6 Å². The number of nitrogens with two attached hydrogens (primary N) is 1. The van der Waals surface area contributed by atoms with E-state index < -0.39 is 0 Å². The Hall–Kier alpha value is -0.840. The summed E-state index contributed by atoms with van der Waals surface area (Å²) in [6.45, 7) is 2.12. The van der Waals surface area contributed by atoms with E-state index in [0.29, 0.717) is 11.2 Å². The van der Waals surface area contributed by atoms with Crippen LogP contribution in [0, 0.1) is 0 Å². The summed E-state index contributed by atoms with van der Waals surface area (Å²) < 4.78 is 0. The van der Waals surface area contributed by atoms with Gasteiger partial charge in [-0.3, -0.25) is 0 Å². The molecule has 0 radical (unpaired) electrons. The molecule has 1 fully saturated rings. The molecule has 2 N–H and O–H groups in total. The molecule has 2 heterocycles. The molecule has 5 heteroatoms. The zero-order valence-electron chi connectivity index (χ0n) is 8.94. The molecule has 0 bridgehead atoms. The average molecular weight is 224 g/mol. The third-order valence-electron chi connectivity index (χ3n) is 2.41. The van der Waals surface area contributed by atoms with Crippen LogP contribution in [-0.2, 0) is 6.42 Å². The van der Waals surface area contributed by atoms with Crippen molar-refractivity contribution < 1.29 is 0 Å². The van der Waals surface area contributed by atoms with Crippen molar-refractivity contribution in [3.05, 3.63) is 11.6 Å². The molecule has 0 aromatic carbocycles. The highest BCUT2D eigenvalue weighted by Crippen LogP contribution is 2.38. The van der Waals surface area contributed by atoms with Crippen molar-refractivity contribution in [3.8, 4) is 0 Å². The first-order valence-corrected chi connectivity index (χ1v) is 6.46. The predicted molar refractivity (Wildman–Crippen MR) is 62.7 cm³/mol. The van der Waals surface area contributed by atoms with E-state index in [1.54, 1.807) is 0 Å². The molecule has 4 nitrogen and oxygen atoms in total. The lowest BCUT2D eigenvalue weighted by Crippen LogP contribution is -2.08. The Morgan fingerprint density at radius 3 is 2.93 bits per heavy atom. The number of thioether (sulfide) groups is 1. The summed E-state index contributed by atoms with van der Waals surface area (Å²) >= 11 is 1.92. The van der Waals surface area contributed by atoms with E-state index in [4.69, 9.17) is 5.73 Å². The number of nitrogen functional groups attached to an aromatic ring is 1. The minimum Gasteiger partial charge on any atom is -0.368 e. The zero-order chi connectivity index (χ0) is 10.7. The standard InChI is InChI=1S/C10H16N4S/c1-2-4-8-12-9(14-10(11)13-8)7-5-3-6-15-7/h7H,2-6H2,1H3,(H2,11,12,13,14). The average Bonchev–Trinajstić information content (AvgIpc) is 2.70. The van der Waals surface area contributed by atoms with Gasteiger partial charge in [0.25, 0.3) is 0 Å². The molecule has 1 aliphatic heterocycles. The van der Waals surface area contributed by atoms with Crippen molar-refractivity contribution in [2.45, 2.75) is 37.9 Å². The molecule has 1 saturated heterocycles. The smallest absolute Gasteiger partial charge is 0.223 e. The van der Waals surface area contributed by atoms with E-state index in [9.17, 15) is 0 Å². The lowest BCUT2D eigenvalue weighted by Gasteiger charge is -2.08. The van der Waals surface area contributed by atoms with Crippen LogP contribution in [0.4, 0.5) is 5.95 Å². The number of hydrogen-bond donors (Lipinski definition) is 1. The summed E-state index contributed by atoms with van der Waals surface area (Å²) in [7, 11) is 0. The molecular weight excluding hydrogens is 208 g/mol. The highest BCUT2D eigenvalue weighted by Gasteiger charge is 2.21. The van der Waals surface area contributed by atoms with Crippen molar-refractivity contribution in [1.29, 1.82) is 0 Å². The number of hydrogen-bond acceptors (Lipinski definition) is 5. The normalized spacial score (nSPS) is 20.7. The number of anilines is 1. The van der Waals surface area contributed by atoms with Crippen LogP contribution in [0.3, 0.4) is 0 Å². The van der Waals surface area contributed by atoms with Gasteiger partial charge in [-0.15, -0.1) is 0 Å². The first-order chi connectivity index (χ1) is 7.29. The van der Waals surface area contributed by atoms with Crippen LogP contribution in [0.15, 0.2) is 0 Å². The lowest BCUT2D eigenvalue weighted by molar-refractivity contribution is 0.735. The van der Waals surface area contributed by atoms with Gasteiger partial charge in [-0.1, -0.05) is 6.92 Å². The maximum atomic E-state index is 5.69. The number of aromatic nitrogens is 3. The fraction of sp³-hybridized carbons (Fsp3) is 0.700. The molecule has 0 aliphatic carbocycles. The van der Waals surface area contributed by atoms with Crippen molar-refractivity contribution in [2.75, 3.05) is 11.5 Å². The third kappa shape index (κ3) is 2.59. The first kappa shape index (κ1) is 10.7. The molecule has 1 aliphatic rings. The van der Waals surface area contributed by atoms with Crippen LogP contribution < -0.4 is 5.73 Å². The Kier molecular flexibility index (Phi) is 3.41. The quantitative estimate of drug-likeness (QED) is 0.850. The maximum Gasteiger partial charge on any atom is 0.223 e. The predicted octanol–water partition coefficient (Wildman–Crippen LogP) is 1.97. The van der Waals surface area contributed by atoms with E-state index >= 15 is 0 Å². The molecule has 1 aromatic heterocycles. The van der Waals surface area contributed by atoms with Gasteiger partial charge >= 0.3 is 0 Å². The molecule has 1 unspecified atom stereocenters. The minimum atomic E-state index is 0.371. The summed E-state index contributed by atoms with van der Waals surface area (Å²) in [5.41, 5.74) is 5.69. The Bertz CT molecular complexity index is 336. The monoisotopic (exact) mass is 224 g/mol. The van der Waals surface area contributed by atoms with Gasteiger partial charge in [-0.2, -0.15) is 21.7 Å². The van der Waals surface area contributed by atoms with Crippen molar-refractivity contribution in [3.63, 3.8) is 0 Å². The topological polar surface area (TPSA) is 64.7 Å². The van der Waals surface area contributed by atoms with Gasteiger partial charge in [-0.05, 0) is 25.0 Å². The van der Waals surface area contributed by atoms with E-state index in [2.05, 4.69) is 21.9 Å². The Morgan fingerprint density at radius 1 is 1.40 bits per heavy atom. The van der Waals surface area contributed by atoms with Gasteiger partial charge < -0.3 is 5.73 Å². The first-order valence-electron chi connectivity index (χ1n) is 5.41. The van der Waals surface area contributed by atoms with E-state index in [-0.39, 0.29) is 0 Å². The van der Waals surface area contributed by atoms with Crippen LogP contribution in [0.25, 0.3) is 0 Å². The Labute approximate surface area is 94.1 Å². The summed E-state index contributed by atoms with van der Waals surface area (Å²) in [5, 5.41) is 0.436. The molecule has 0 amide bonds. The summed E-state index contributed by atoms with van der Waals surface area (Å²) in [4.78, 5) is 12.9. The SMILES string of the molecule is CCCc1nc(N)nc(C2CCCS2)n1. The molecule has 82 valence electrons. The molecule has 2 rings (SSSR count). The van der Waals surface area contributed by atoms with Gasteiger partial charge in [0, 0.05) is 6.42 Å². The molecule has 15 heavy (non-hydrogen) atoms. The van der Waals surface area contributed by atoms with Gasteiger partial charge in [0.1, 0.15) is 11.6 Å². The van der Waals surface area contributed by atoms with Crippen LogP contribution in [0.1, 0.15) is 43.1 Å². The van der Waals surface area contributed by atoms with E-state index in [1.807, 2.05) is 11.8 Å². The molecular formula is C10H16N4S. The summed E-state index contributed by atoms with van der Waals surface area (Å²) in [6, 6.07) is 0. The van der Waals surface area contributed by atoms with Crippen LogP contribution in [-0.4, -0.2) is 20.7 Å². The molecule has 0 saturated carbocycles. The van der Waals surface area contributed by atoms with Crippen molar-refractivity contribution in [1.82, 2.24) is 15.0 Å². The number of aryl methyl sites for hydroxylation is 1. The second-order valence-corrected chi connectivity index (χ2v) is 5.03. The van der Waals surface area contributed by atoms with E-state index in [0.717, 1.165) is 24.5 Å². The van der Waals surface area contributed by atoms with Gasteiger partial charge in [0.05, 0.1) is 5.25 Å². The Balaban J connectivity index is 2.22. The van der Waals surface area contributed by atoms with Crippen LogP contribution >= 0.6 is 11.8 Å². The fourth-order valence-corrected chi connectivity index (χ4v) is 2.92. The maximum absolute atomic E-state index is 5.69.